The van der Waals surface area contributed by atoms with Crippen molar-refractivity contribution in [3.63, 3.8) is 0 Å². The zero-order chi connectivity index (χ0) is 20.4. The minimum atomic E-state index is -0.508. The second kappa shape index (κ2) is 17.3. The van der Waals surface area contributed by atoms with Gasteiger partial charge in [-0.3, -0.25) is 4.79 Å². The molecule has 0 aliphatic rings. The van der Waals surface area contributed by atoms with Crippen molar-refractivity contribution in [1.82, 2.24) is 0 Å². The quantitative estimate of drug-likeness (QED) is 0.0776. The van der Waals surface area contributed by atoms with Crippen LogP contribution in [0.5, 0.6) is 0 Å². The van der Waals surface area contributed by atoms with E-state index in [1.54, 1.807) is 0 Å². The van der Waals surface area contributed by atoms with Crippen molar-refractivity contribution in [1.29, 1.82) is 0 Å². The molecule has 0 spiro atoms. The minimum absolute atomic E-state index is 0.00626. The first-order valence-electron chi connectivity index (χ1n) is 10.8. The lowest BCUT2D eigenvalue weighted by atomic mass is 10.0. The average molecular weight is 400 g/mol. The van der Waals surface area contributed by atoms with Crippen LogP contribution in [0.4, 0.5) is 0 Å². The highest BCUT2D eigenvalue weighted by Crippen LogP contribution is 2.29. The summed E-state index contributed by atoms with van der Waals surface area (Å²) in [5, 5.41) is 0. The van der Waals surface area contributed by atoms with E-state index >= 15 is 0 Å². The largest absolute Gasteiger partial charge is 0.462 e. The summed E-state index contributed by atoms with van der Waals surface area (Å²) in [6.07, 6.45) is 18.4. The van der Waals surface area contributed by atoms with Crippen LogP contribution in [0.2, 0.25) is 0 Å². The fraction of sp³-hybridized carbons (Fsp3) is 0.864. The molecule has 0 rings (SSSR count). The Morgan fingerprint density at radius 1 is 0.963 bits per heavy atom. The number of allylic oxidation sites excluding steroid dienone is 2. The number of hydrogen-bond donors (Lipinski definition) is 0. The summed E-state index contributed by atoms with van der Waals surface area (Å²) < 4.78 is 8.12. The van der Waals surface area contributed by atoms with Gasteiger partial charge in [0.25, 0.3) is 0 Å². The number of carbonyl (C=O) groups excluding carboxylic acids is 1. The van der Waals surface area contributed by atoms with Crippen LogP contribution in [0.25, 0.3) is 0 Å². The van der Waals surface area contributed by atoms with Crippen molar-refractivity contribution in [3.8, 4) is 0 Å². The summed E-state index contributed by atoms with van der Waals surface area (Å²) in [6, 6.07) is 0. The van der Waals surface area contributed by atoms with Crippen LogP contribution in [0, 0.1) is 4.91 Å². The van der Waals surface area contributed by atoms with E-state index in [1.165, 1.54) is 38.5 Å². The average Bonchev–Trinajstić information content (AvgIpc) is 2.59. The van der Waals surface area contributed by atoms with E-state index in [0.717, 1.165) is 50.5 Å². The molecule has 0 bridgehead atoms. The molecule has 0 fully saturated rings. The van der Waals surface area contributed by atoms with E-state index in [2.05, 4.69) is 30.6 Å². The molecule has 0 aromatic rings. The lowest BCUT2D eigenvalue weighted by Crippen LogP contribution is -2.25. The van der Waals surface area contributed by atoms with Crippen molar-refractivity contribution in [2.75, 3.05) is 0 Å². The van der Waals surface area contributed by atoms with Crippen LogP contribution in [0.3, 0.4) is 0 Å². The summed E-state index contributed by atoms with van der Waals surface area (Å²) in [5.41, 5.74) is 0. The Hall–Kier alpha value is -0.840. The van der Waals surface area contributed by atoms with Crippen LogP contribution < -0.4 is 0 Å². The van der Waals surface area contributed by atoms with Crippen molar-refractivity contribution in [2.24, 2.45) is 4.58 Å². The van der Waals surface area contributed by atoms with Gasteiger partial charge >= 0.3 is 5.97 Å². The number of esters is 1. The Labute approximate surface area is 171 Å². The smallest absolute Gasteiger partial charge is 0.307 e. The molecule has 0 N–H and O–H groups in total. The molecule has 0 aliphatic heterocycles. The van der Waals surface area contributed by atoms with E-state index < -0.39 is 4.75 Å². The van der Waals surface area contributed by atoms with Gasteiger partial charge in [0, 0.05) is 21.3 Å². The van der Waals surface area contributed by atoms with Gasteiger partial charge in [-0.2, -0.15) is 0 Å². The highest BCUT2D eigenvalue weighted by atomic mass is 32.2. The molecule has 1 atom stereocenters. The standard InChI is InChI=1S/C22H41NO3S/c1-5-7-9-11-13-15-17-20(18-16-14-12-10-8-6-2)26-21(24)19-22(3,4)27-23-25/h9,11,20H,5-8,10,12-19H2,1-4H3. The first-order valence-corrected chi connectivity index (χ1v) is 11.6. The van der Waals surface area contributed by atoms with Crippen LogP contribution in [0.15, 0.2) is 16.7 Å². The van der Waals surface area contributed by atoms with Gasteiger partial charge in [-0.1, -0.05) is 64.5 Å². The first kappa shape index (κ1) is 26.2. The molecule has 0 saturated carbocycles. The van der Waals surface area contributed by atoms with E-state index in [9.17, 15) is 9.70 Å². The molecule has 158 valence electrons. The number of carbonyl (C=O) groups is 1. The SMILES string of the molecule is CCCC=CCCCC(CCCCCCCC)OC(=O)CC(C)(C)SN=O. The van der Waals surface area contributed by atoms with Crippen LogP contribution >= 0.6 is 11.9 Å². The van der Waals surface area contributed by atoms with E-state index in [-0.39, 0.29) is 18.5 Å². The lowest BCUT2D eigenvalue weighted by Gasteiger charge is -2.22. The minimum Gasteiger partial charge on any atom is -0.462 e. The Balaban J connectivity index is 4.35. The fourth-order valence-corrected chi connectivity index (χ4v) is 3.37. The summed E-state index contributed by atoms with van der Waals surface area (Å²) >= 11 is 0.907. The van der Waals surface area contributed by atoms with Crippen molar-refractivity contribution >= 4 is 17.9 Å². The van der Waals surface area contributed by atoms with Gasteiger partial charge < -0.3 is 4.74 Å². The summed E-state index contributed by atoms with van der Waals surface area (Å²) in [7, 11) is 0. The third-order valence-corrected chi connectivity index (χ3v) is 5.26. The second-order valence-corrected chi connectivity index (χ2v) is 9.40. The van der Waals surface area contributed by atoms with E-state index in [4.69, 9.17) is 4.74 Å². The predicted octanol–water partition coefficient (Wildman–Crippen LogP) is 7.76. The number of unbranched alkanes of at least 4 members (excludes halogenated alkanes) is 7. The molecule has 5 heteroatoms. The zero-order valence-corrected chi connectivity index (χ0v) is 18.8. The molecule has 0 heterocycles. The highest BCUT2D eigenvalue weighted by Gasteiger charge is 2.26. The molecule has 0 saturated heterocycles. The molecule has 27 heavy (non-hydrogen) atoms. The molecule has 0 aromatic carbocycles. The van der Waals surface area contributed by atoms with Gasteiger partial charge in [-0.15, -0.1) is 4.91 Å². The van der Waals surface area contributed by atoms with E-state index in [1.807, 2.05) is 13.8 Å². The first-order chi connectivity index (χ1) is 12.9. The van der Waals surface area contributed by atoms with Crippen LogP contribution in [-0.2, 0) is 9.53 Å². The molecule has 4 nitrogen and oxygen atoms in total. The van der Waals surface area contributed by atoms with Gasteiger partial charge in [-0.25, -0.2) is 0 Å². The Bertz CT molecular complexity index is 410. The van der Waals surface area contributed by atoms with Gasteiger partial charge in [0.2, 0.25) is 0 Å². The van der Waals surface area contributed by atoms with Gasteiger partial charge in [0.05, 0.1) is 6.42 Å². The molecular formula is C22H41NO3S. The van der Waals surface area contributed by atoms with Crippen molar-refractivity contribution < 1.29 is 9.53 Å². The van der Waals surface area contributed by atoms with Crippen LogP contribution in [0.1, 0.15) is 111 Å². The third kappa shape index (κ3) is 17.0. The third-order valence-electron chi connectivity index (χ3n) is 4.55. The number of nitroso groups, excluding NO2 is 1. The molecule has 1 unspecified atom stereocenters. The Kier molecular flexibility index (Phi) is 16.7. The van der Waals surface area contributed by atoms with Gasteiger partial charge in [-0.05, 0) is 52.4 Å². The summed E-state index contributed by atoms with van der Waals surface area (Å²) in [6.45, 7) is 8.10. The highest BCUT2D eigenvalue weighted by molar-refractivity contribution is 7.99. The zero-order valence-electron chi connectivity index (χ0n) is 18.0. The maximum Gasteiger partial charge on any atom is 0.307 e. The monoisotopic (exact) mass is 399 g/mol. The normalized spacial score (nSPS) is 13.0. The van der Waals surface area contributed by atoms with Crippen molar-refractivity contribution in [3.05, 3.63) is 17.1 Å². The molecule has 0 aromatic heterocycles. The predicted molar refractivity (Wildman–Crippen MR) is 118 cm³/mol. The van der Waals surface area contributed by atoms with E-state index in [0.29, 0.717) is 0 Å². The second-order valence-electron chi connectivity index (χ2n) is 7.96. The topological polar surface area (TPSA) is 55.7 Å². The number of rotatable bonds is 18. The molecule has 0 radical (unpaired) electrons. The summed E-state index contributed by atoms with van der Waals surface area (Å²) in [4.78, 5) is 22.8. The number of nitrogens with zero attached hydrogens (tertiary/aromatic N) is 1. The summed E-state index contributed by atoms with van der Waals surface area (Å²) in [5.74, 6) is -0.214. The Morgan fingerprint density at radius 2 is 1.59 bits per heavy atom. The van der Waals surface area contributed by atoms with Gasteiger partial charge in [0.15, 0.2) is 0 Å². The molecule has 0 aliphatic carbocycles. The van der Waals surface area contributed by atoms with Gasteiger partial charge in [0.1, 0.15) is 6.10 Å². The molecule has 0 amide bonds. The maximum absolute atomic E-state index is 12.3. The van der Waals surface area contributed by atoms with Crippen molar-refractivity contribution in [2.45, 2.75) is 122 Å². The lowest BCUT2D eigenvalue weighted by molar-refractivity contribution is -0.150. The maximum atomic E-state index is 12.3. The molecular weight excluding hydrogens is 358 g/mol. The Morgan fingerprint density at radius 3 is 2.26 bits per heavy atom. The fourth-order valence-electron chi connectivity index (χ4n) is 2.99. The number of ether oxygens (including phenoxy) is 1. The van der Waals surface area contributed by atoms with Crippen LogP contribution in [-0.4, -0.2) is 16.8 Å². The number of hydrogen-bond acceptors (Lipinski definition) is 5.